The van der Waals surface area contributed by atoms with Crippen LogP contribution in [0.5, 0.6) is 11.5 Å². The highest BCUT2D eigenvalue weighted by atomic mass is 35.5. The van der Waals surface area contributed by atoms with Gasteiger partial charge < -0.3 is 15.2 Å². The molecule has 1 aliphatic heterocycles. The molecule has 5 rings (SSSR count). The maximum atomic E-state index is 13.4. The normalized spacial score (nSPS) is 20.1. The maximum absolute atomic E-state index is 13.4. The van der Waals surface area contributed by atoms with Crippen LogP contribution in [0.2, 0.25) is 5.02 Å². The van der Waals surface area contributed by atoms with Gasteiger partial charge in [0.2, 0.25) is 5.95 Å². The number of nitrogens with one attached hydrogen (secondary N) is 1. The third-order valence-electron chi connectivity index (χ3n) is 5.80. The van der Waals surface area contributed by atoms with Gasteiger partial charge in [-0.2, -0.15) is 10.1 Å². The van der Waals surface area contributed by atoms with Crippen molar-refractivity contribution in [2.24, 2.45) is 0 Å². The monoisotopic (exact) mass is 436 g/mol. The van der Waals surface area contributed by atoms with E-state index in [4.69, 9.17) is 16.3 Å². The Morgan fingerprint density at radius 3 is 2.74 bits per heavy atom. The molecule has 0 unspecified atom stereocenters. The SMILES string of the molecule is CCOc1cc([C@H]2C3=C(C[C@H](c4ccc(Cl)cc4)CC3=O)Nc3ncnn32)ccc1O. The van der Waals surface area contributed by atoms with E-state index in [1.807, 2.05) is 31.2 Å². The zero-order valence-electron chi connectivity index (χ0n) is 16.9. The number of phenolic OH excluding ortho intramolecular Hbond substituents is 1. The summed E-state index contributed by atoms with van der Waals surface area (Å²) in [5.41, 5.74) is 3.42. The Morgan fingerprint density at radius 1 is 1.19 bits per heavy atom. The second kappa shape index (κ2) is 7.74. The van der Waals surface area contributed by atoms with Crippen molar-refractivity contribution >= 4 is 23.3 Å². The van der Waals surface area contributed by atoms with E-state index < -0.39 is 6.04 Å². The van der Waals surface area contributed by atoms with Crippen molar-refractivity contribution in [2.75, 3.05) is 11.9 Å². The lowest BCUT2D eigenvalue weighted by molar-refractivity contribution is -0.116. The zero-order valence-corrected chi connectivity index (χ0v) is 17.6. The summed E-state index contributed by atoms with van der Waals surface area (Å²) < 4.78 is 7.27. The number of carbonyl (C=O) groups excluding carboxylic acids is 1. The lowest BCUT2D eigenvalue weighted by atomic mass is 9.78. The van der Waals surface area contributed by atoms with Gasteiger partial charge in [-0.15, -0.1) is 0 Å². The summed E-state index contributed by atoms with van der Waals surface area (Å²) in [5.74, 6) is 1.14. The molecule has 2 heterocycles. The molecule has 31 heavy (non-hydrogen) atoms. The van der Waals surface area contributed by atoms with Crippen LogP contribution < -0.4 is 10.1 Å². The number of allylic oxidation sites excluding steroid dienone is 2. The molecule has 0 saturated carbocycles. The van der Waals surface area contributed by atoms with E-state index in [1.54, 1.807) is 22.9 Å². The molecule has 7 nitrogen and oxygen atoms in total. The number of rotatable bonds is 4. The highest BCUT2D eigenvalue weighted by molar-refractivity contribution is 6.30. The first kappa shape index (κ1) is 19.6. The Kier molecular flexibility index (Phi) is 4.90. The van der Waals surface area contributed by atoms with Gasteiger partial charge in [0.15, 0.2) is 17.3 Å². The maximum Gasteiger partial charge on any atom is 0.226 e. The van der Waals surface area contributed by atoms with Crippen LogP contribution in [0.1, 0.15) is 42.9 Å². The number of ketones is 1. The number of nitrogens with zero attached hydrogens (tertiary/aromatic N) is 3. The summed E-state index contributed by atoms with van der Waals surface area (Å²) in [5, 5.41) is 18.5. The van der Waals surface area contributed by atoms with Gasteiger partial charge in [-0.05, 0) is 54.7 Å². The number of benzene rings is 2. The molecule has 0 fully saturated rings. The van der Waals surface area contributed by atoms with Gasteiger partial charge >= 0.3 is 0 Å². The minimum atomic E-state index is -0.438. The van der Waals surface area contributed by atoms with Gasteiger partial charge in [-0.25, -0.2) is 4.68 Å². The molecule has 2 aliphatic rings. The predicted octanol–water partition coefficient (Wildman–Crippen LogP) is 4.45. The highest BCUT2D eigenvalue weighted by Gasteiger charge is 2.39. The van der Waals surface area contributed by atoms with Crippen LogP contribution >= 0.6 is 11.6 Å². The van der Waals surface area contributed by atoms with E-state index >= 15 is 0 Å². The molecule has 1 aromatic heterocycles. The Bertz CT molecular complexity index is 1190. The summed E-state index contributed by atoms with van der Waals surface area (Å²) in [7, 11) is 0. The smallest absolute Gasteiger partial charge is 0.226 e. The fourth-order valence-electron chi connectivity index (χ4n) is 4.40. The molecule has 2 N–H and O–H groups in total. The van der Waals surface area contributed by atoms with Crippen molar-refractivity contribution in [1.29, 1.82) is 0 Å². The van der Waals surface area contributed by atoms with E-state index in [-0.39, 0.29) is 17.5 Å². The van der Waals surface area contributed by atoms with Crippen molar-refractivity contribution in [3.8, 4) is 11.5 Å². The summed E-state index contributed by atoms with van der Waals surface area (Å²) >= 11 is 6.03. The summed E-state index contributed by atoms with van der Waals surface area (Å²) in [6, 6.07) is 12.4. The number of hydrogen-bond donors (Lipinski definition) is 2. The number of aromatic nitrogens is 3. The number of ether oxygens (including phenoxy) is 1. The van der Waals surface area contributed by atoms with Crippen LogP contribution in [-0.2, 0) is 4.79 Å². The number of fused-ring (bicyclic) bond motifs is 1. The lowest BCUT2D eigenvalue weighted by Gasteiger charge is -2.35. The molecule has 0 spiro atoms. The molecular formula is C23H21ClN4O3. The molecule has 2 aromatic carbocycles. The van der Waals surface area contributed by atoms with Gasteiger partial charge in [-0.1, -0.05) is 29.8 Å². The van der Waals surface area contributed by atoms with Crippen molar-refractivity contribution in [1.82, 2.24) is 14.8 Å². The second-order valence-corrected chi connectivity index (χ2v) is 8.12. The Hall–Kier alpha value is -3.32. The zero-order chi connectivity index (χ0) is 21.5. The average molecular weight is 437 g/mol. The third-order valence-corrected chi connectivity index (χ3v) is 6.05. The van der Waals surface area contributed by atoms with Crippen molar-refractivity contribution in [3.05, 3.63) is 76.2 Å². The molecule has 0 radical (unpaired) electrons. The van der Waals surface area contributed by atoms with E-state index in [9.17, 15) is 9.90 Å². The summed E-state index contributed by atoms with van der Waals surface area (Å²) in [6.45, 7) is 2.28. The van der Waals surface area contributed by atoms with Crippen LogP contribution in [0.25, 0.3) is 0 Å². The molecule has 158 valence electrons. The quantitative estimate of drug-likeness (QED) is 0.628. The number of aromatic hydroxyl groups is 1. The van der Waals surface area contributed by atoms with Crippen molar-refractivity contribution < 1.29 is 14.6 Å². The van der Waals surface area contributed by atoms with E-state index in [2.05, 4.69) is 15.4 Å². The lowest BCUT2D eigenvalue weighted by Crippen LogP contribution is -2.33. The third kappa shape index (κ3) is 3.45. The van der Waals surface area contributed by atoms with Crippen LogP contribution in [0.4, 0.5) is 5.95 Å². The van der Waals surface area contributed by atoms with Gasteiger partial charge in [-0.3, -0.25) is 4.79 Å². The van der Waals surface area contributed by atoms with Gasteiger partial charge in [0.1, 0.15) is 12.4 Å². The summed E-state index contributed by atoms with van der Waals surface area (Å²) in [4.78, 5) is 17.7. The van der Waals surface area contributed by atoms with Gasteiger partial charge in [0.05, 0.1) is 6.61 Å². The van der Waals surface area contributed by atoms with Crippen LogP contribution in [0.15, 0.2) is 60.1 Å². The number of phenols is 1. The van der Waals surface area contributed by atoms with Crippen LogP contribution in [0.3, 0.4) is 0 Å². The number of carbonyl (C=O) groups is 1. The Morgan fingerprint density at radius 2 is 1.97 bits per heavy atom. The van der Waals surface area contributed by atoms with E-state index in [0.717, 1.165) is 16.8 Å². The Balaban J connectivity index is 1.58. The van der Waals surface area contributed by atoms with Crippen LogP contribution in [0, 0.1) is 0 Å². The number of hydrogen-bond acceptors (Lipinski definition) is 6. The number of halogens is 1. The molecule has 2 atom stereocenters. The molecule has 8 heteroatoms. The predicted molar refractivity (Wildman–Crippen MR) is 117 cm³/mol. The summed E-state index contributed by atoms with van der Waals surface area (Å²) in [6.07, 6.45) is 2.56. The largest absolute Gasteiger partial charge is 0.504 e. The Labute approximate surface area is 184 Å². The molecule has 0 amide bonds. The first-order chi connectivity index (χ1) is 15.0. The van der Waals surface area contributed by atoms with Gasteiger partial charge in [0.25, 0.3) is 0 Å². The first-order valence-corrected chi connectivity index (χ1v) is 10.6. The molecule has 0 saturated heterocycles. The van der Waals surface area contributed by atoms with Crippen molar-refractivity contribution in [2.45, 2.75) is 31.7 Å². The second-order valence-electron chi connectivity index (χ2n) is 7.69. The molecule has 0 bridgehead atoms. The van der Waals surface area contributed by atoms with Crippen molar-refractivity contribution in [3.63, 3.8) is 0 Å². The minimum absolute atomic E-state index is 0.0601. The molecule has 3 aromatic rings. The molecular weight excluding hydrogens is 416 g/mol. The molecule has 1 aliphatic carbocycles. The highest BCUT2D eigenvalue weighted by Crippen LogP contribution is 2.45. The average Bonchev–Trinajstić information content (AvgIpc) is 3.22. The van der Waals surface area contributed by atoms with E-state index in [1.165, 1.54) is 6.33 Å². The first-order valence-electron chi connectivity index (χ1n) is 10.2. The van der Waals surface area contributed by atoms with Crippen LogP contribution in [-0.4, -0.2) is 32.3 Å². The minimum Gasteiger partial charge on any atom is -0.504 e. The van der Waals surface area contributed by atoms with Gasteiger partial charge in [0, 0.05) is 22.7 Å². The van der Waals surface area contributed by atoms with E-state index in [0.29, 0.717) is 41.7 Å². The standard InChI is InChI=1S/C23H21ClN4O3/c1-2-31-20-11-14(5-8-18(20)29)22-21-17(27-23-25-12-26-28(22)23)9-15(10-19(21)30)13-3-6-16(24)7-4-13/h3-8,11-12,15,22,29H,2,9-10H2,1H3,(H,25,26,27)/t15-,22-/m0/s1. The topological polar surface area (TPSA) is 89.3 Å². The number of anilines is 1. The fraction of sp³-hybridized carbons (Fsp3) is 0.261. The number of Topliss-reactive ketones (excluding diaryl/α,β-unsaturated/α-hetero) is 1. The fourth-order valence-corrected chi connectivity index (χ4v) is 4.53.